The van der Waals surface area contributed by atoms with Crippen molar-refractivity contribution < 1.29 is 23.9 Å². The molecule has 0 bridgehead atoms. The summed E-state index contributed by atoms with van der Waals surface area (Å²) in [5, 5.41) is 0. The number of nitrogen functional groups attached to an aromatic ring is 1. The van der Waals surface area contributed by atoms with Gasteiger partial charge in [-0.05, 0) is 69.4 Å². The highest BCUT2D eigenvalue weighted by Crippen LogP contribution is 2.36. The zero-order valence-electron chi connectivity index (χ0n) is 16.9. The molecule has 1 aliphatic rings. The molecule has 0 heterocycles. The molecule has 7 heteroatoms. The van der Waals surface area contributed by atoms with Crippen LogP contribution in [0.4, 0.5) is 10.5 Å². The van der Waals surface area contributed by atoms with Gasteiger partial charge in [0.05, 0.1) is 11.6 Å². The van der Waals surface area contributed by atoms with E-state index in [2.05, 4.69) is 5.48 Å². The van der Waals surface area contributed by atoms with E-state index in [1.54, 1.807) is 32.9 Å². The predicted molar refractivity (Wildman–Crippen MR) is 108 cm³/mol. The summed E-state index contributed by atoms with van der Waals surface area (Å²) >= 11 is 0. The normalized spacial score (nSPS) is 15.8. The molecular weight excluding hydrogens is 372 g/mol. The Kier molecular flexibility index (Phi) is 5.96. The third-order valence-corrected chi connectivity index (χ3v) is 4.55. The number of para-hydroxylation sites is 2. The molecule has 2 aromatic carbocycles. The van der Waals surface area contributed by atoms with Crippen molar-refractivity contribution in [2.24, 2.45) is 5.92 Å². The number of ether oxygens (including phenoxy) is 2. The lowest BCUT2D eigenvalue weighted by atomic mass is 9.83. The number of aryl methyl sites for hydroxylation is 1. The lowest BCUT2D eigenvalue weighted by Gasteiger charge is -2.25. The van der Waals surface area contributed by atoms with E-state index in [1.165, 1.54) is 0 Å². The van der Waals surface area contributed by atoms with Crippen LogP contribution in [-0.4, -0.2) is 17.7 Å². The van der Waals surface area contributed by atoms with Crippen LogP contribution in [0.2, 0.25) is 0 Å². The molecule has 0 fully saturated rings. The van der Waals surface area contributed by atoms with Gasteiger partial charge in [0.15, 0.2) is 0 Å². The summed E-state index contributed by atoms with van der Waals surface area (Å²) in [6.45, 7) is 5.19. The van der Waals surface area contributed by atoms with Gasteiger partial charge in [-0.1, -0.05) is 24.3 Å². The van der Waals surface area contributed by atoms with Crippen LogP contribution in [0, 0.1) is 5.92 Å². The minimum Gasteiger partial charge on any atom is -0.455 e. The Morgan fingerprint density at radius 3 is 2.52 bits per heavy atom. The van der Waals surface area contributed by atoms with Crippen LogP contribution in [0.15, 0.2) is 42.5 Å². The molecule has 0 unspecified atom stereocenters. The van der Waals surface area contributed by atoms with E-state index in [1.807, 2.05) is 30.3 Å². The monoisotopic (exact) mass is 398 g/mol. The molecule has 7 nitrogen and oxygen atoms in total. The van der Waals surface area contributed by atoms with Crippen molar-refractivity contribution in [3.8, 4) is 11.5 Å². The van der Waals surface area contributed by atoms with E-state index in [0.717, 1.165) is 11.1 Å². The number of benzene rings is 2. The maximum atomic E-state index is 12.4. The van der Waals surface area contributed by atoms with Crippen molar-refractivity contribution in [1.29, 1.82) is 0 Å². The number of hydroxylamine groups is 1. The van der Waals surface area contributed by atoms with E-state index in [-0.39, 0.29) is 0 Å². The van der Waals surface area contributed by atoms with Gasteiger partial charge in [-0.2, -0.15) is 0 Å². The number of nitrogens with two attached hydrogens (primary N) is 1. The number of hydrogen-bond donors (Lipinski definition) is 2. The summed E-state index contributed by atoms with van der Waals surface area (Å²) in [7, 11) is 0. The molecule has 1 aliphatic carbocycles. The van der Waals surface area contributed by atoms with Crippen LogP contribution >= 0.6 is 0 Å². The lowest BCUT2D eigenvalue weighted by Crippen LogP contribution is -2.36. The van der Waals surface area contributed by atoms with Gasteiger partial charge < -0.3 is 20.0 Å². The second-order valence-electron chi connectivity index (χ2n) is 8.00. The first kappa shape index (κ1) is 20.5. The molecular formula is C22H26N2O5. The Bertz CT molecular complexity index is 904. The molecule has 0 aromatic heterocycles. The molecule has 29 heavy (non-hydrogen) atoms. The first-order valence-corrected chi connectivity index (χ1v) is 9.56. The zero-order valence-corrected chi connectivity index (χ0v) is 16.9. The minimum atomic E-state index is -0.800. The third-order valence-electron chi connectivity index (χ3n) is 4.55. The van der Waals surface area contributed by atoms with Crippen molar-refractivity contribution in [3.63, 3.8) is 0 Å². The largest absolute Gasteiger partial charge is 0.455 e. The lowest BCUT2D eigenvalue weighted by molar-refractivity contribution is -0.156. The maximum Gasteiger partial charge on any atom is 0.441 e. The Labute approximate surface area is 170 Å². The van der Waals surface area contributed by atoms with E-state index < -0.39 is 23.6 Å². The molecule has 2 aromatic rings. The van der Waals surface area contributed by atoms with Gasteiger partial charge in [-0.3, -0.25) is 0 Å². The highest BCUT2D eigenvalue weighted by atomic mass is 16.7. The predicted octanol–water partition coefficient (Wildman–Crippen LogP) is 4.15. The Morgan fingerprint density at radius 2 is 1.79 bits per heavy atom. The molecule has 1 atom stereocenters. The van der Waals surface area contributed by atoms with Crippen molar-refractivity contribution in [2.75, 3.05) is 5.73 Å². The topological polar surface area (TPSA) is 99.9 Å². The summed E-state index contributed by atoms with van der Waals surface area (Å²) in [6, 6.07) is 13.1. The summed E-state index contributed by atoms with van der Waals surface area (Å²) in [6.07, 6.45) is 0.986. The van der Waals surface area contributed by atoms with E-state index in [9.17, 15) is 9.59 Å². The van der Waals surface area contributed by atoms with Gasteiger partial charge in [0.25, 0.3) is 0 Å². The highest BCUT2D eigenvalue weighted by Gasteiger charge is 2.29. The summed E-state index contributed by atoms with van der Waals surface area (Å²) in [4.78, 5) is 29.1. The van der Waals surface area contributed by atoms with Gasteiger partial charge in [0, 0.05) is 0 Å². The number of carbonyl (C=O) groups is 2. The van der Waals surface area contributed by atoms with E-state index >= 15 is 0 Å². The van der Waals surface area contributed by atoms with Crippen LogP contribution in [-0.2, 0) is 27.2 Å². The second kappa shape index (κ2) is 8.43. The zero-order chi connectivity index (χ0) is 21.0. The third kappa shape index (κ3) is 5.40. The number of amides is 1. The fourth-order valence-electron chi connectivity index (χ4n) is 3.22. The second-order valence-corrected chi connectivity index (χ2v) is 8.00. The maximum absolute atomic E-state index is 12.4. The number of carbonyl (C=O) groups excluding carboxylic acids is 2. The molecule has 0 saturated carbocycles. The molecule has 154 valence electrons. The number of hydrogen-bond acceptors (Lipinski definition) is 6. The van der Waals surface area contributed by atoms with Gasteiger partial charge in [0.2, 0.25) is 0 Å². The smallest absolute Gasteiger partial charge is 0.441 e. The van der Waals surface area contributed by atoms with E-state index in [4.69, 9.17) is 20.0 Å². The summed E-state index contributed by atoms with van der Waals surface area (Å²) in [5.74, 6) is 0.334. The summed E-state index contributed by atoms with van der Waals surface area (Å²) < 4.78 is 11.1. The first-order chi connectivity index (χ1) is 13.7. The summed E-state index contributed by atoms with van der Waals surface area (Å²) in [5.41, 5.74) is 9.98. The van der Waals surface area contributed by atoms with Gasteiger partial charge in [-0.15, -0.1) is 5.48 Å². The van der Waals surface area contributed by atoms with Crippen molar-refractivity contribution >= 4 is 17.7 Å². The van der Waals surface area contributed by atoms with Crippen LogP contribution in [0.3, 0.4) is 0 Å². The van der Waals surface area contributed by atoms with Gasteiger partial charge >= 0.3 is 12.1 Å². The highest BCUT2D eigenvalue weighted by molar-refractivity contribution is 5.76. The van der Waals surface area contributed by atoms with Gasteiger partial charge in [0.1, 0.15) is 17.1 Å². The number of fused-ring (bicyclic) bond motifs is 1. The van der Waals surface area contributed by atoms with Crippen LogP contribution in [0.5, 0.6) is 11.5 Å². The van der Waals surface area contributed by atoms with Crippen molar-refractivity contribution in [1.82, 2.24) is 5.48 Å². The standard InChI is InChI=1S/C22H26N2O5/c1-22(2,3)28-21(26)24-29-20(25)15-12-11-14-7-6-10-18(16(14)13-15)27-19-9-5-4-8-17(19)23/h4-10,15H,11-13,23H2,1-3H3,(H,24,26)/t15-/m1/s1. The first-order valence-electron chi connectivity index (χ1n) is 9.56. The van der Waals surface area contributed by atoms with Gasteiger partial charge in [-0.25, -0.2) is 9.59 Å². The average molecular weight is 398 g/mol. The Hall–Kier alpha value is -3.22. The molecule has 0 radical (unpaired) electrons. The average Bonchev–Trinajstić information content (AvgIpc) is 2.66. The fourth-order valence-corrected chi connectivity index (χ4v) is 3.22. The number of rotatable bonds is 3. The fraction of sp³-hybridized carbons (Fsp3) is 0.364. The SMILES string of the molecule is CC(C)(C)OC(=O)NOC(=O)[C@@H]1CCc2cccc(Oc3ccccc3N)c2C1. The molecule has 1 amide bonds. The molecule has 0 spiro atoms. The molecule has 3 rings (SSSR count). The van der Waals surface area contributed by atoms with Crippen molar-refractivity contribution in [3.05, 3.63) is 53.6 Å². The van der Waals surface area contributed by atoms with Crippen LogP contribution in [0.1, 0.15) is 38.3 Å². The minimum absolute atomic E-state index is 0.393. The van der Waals surface area contributed by atoms with Crippen LogP contribution in [0.25, 0.3) is 0 Å². The van der Waals surface area contributed by atoms with Crippen LogP contribution < -0.4 is 16.0 Å². The molecule has 0 saturated heterocycles. The van der Waals surface area contributed by atoms with Crippen molar-refractivity contribution in [2.45, 2.75) is 45.6 Å². The number of anilines is 1. The molecule has 3 N–H and O–H groups in total. The number of nitrogens with one attached hydrogen (secondary N) is 1. The molecule has 0 aliphatic heterocycles. The Balaban J connectivity index is 1.67. The quantitative estimate of drug-likeness (QED) is 0.595. The Morgan fingerprint density at radius 1 is 1.07 bits per heavy atom. The van der Waals surface area contributed by atoms with E-state index in [0.29, 0.717) is 36.4 Å².